The topological polar surface area (TPSA) is 49.9 Å². The Bertz CT molecular complexity index is 854. The molecule has 0 amide bonds. The van der Waals surface area contributed by atoms with Gasteiger partial charge in [-0.3, -0.25) is 9.59 Å². The fourth-order valence-electron chi connectivity index (χ4n) is 2.34. The van der Waals surface area contributed by atoms with Crippen LogP contribution in [0.2, 0.25) is 10.0 Å². The molecule has 21 heavy (non-hydrogen) atoms. The van der Waals surface area contributed by atoms with Gasteiger partial charge in [0.15, 0.2) is 6.29 Å². The van der Waals surface area contributed by atoms with Gasteiger partial charge in [0.25, 0.3) is 0 Å². The van der Waals surface area contributed by atoms with Crippen LogP contribution in [0.1, 0.15) is 10.5 Å². The highest BCUT2D eigenvalue weighted by Gasteiger charge is 2.19. The van der Waals surface area contributed by atoms with E-state index in [1.807, 2.05) is 30.3 Å². The summed E-state index contributed by atoms with van der Waals surface area (Å²) in [5, 5.41) is 1.53. The number of hydrogen-bond acceptors (Lipinski definition) is 2. The first kappa shape index (κ1) is 13.9. The van der Waals surface area contributed by atoms with Crippen molar-refractivity contribution in [2.75, 3.05) is 0 Å². The Balaban J connectivity index is 2.40. The number of fused-ring (bicyclic) bond motifs is 1. The first-order chi connectivity index (χ1) is 10.1. The number of H-pyrrole nitrogens is 1. The lowest BCUT2D eigenvalue weighted by Gasteiger charge is -2.03. The molecule has 1 heterocycles. The second-order valence-electron chi connectivity index (χ2n) is 4.54. The van der Waals surface area contributed by atoms with Gasteiger partial charge in [-0.2, -0.15) is 0 Å². The zero-order valence-electron chi connectivity index (χ0n) is 10.7. The van der Waals surface area contributed by atoms with Gasteiger partial charge in [0.1, 0.15) is 0 Å². The highest BCUT2D eigenvalue weighted by molar-refractivity contribution is 6.43. The van der Waals surface area contributed by atoms with Crippen molar-refractivity contribution in [3.05, 3.63) is 58.2 Å². The fourth-order valence-corrected chi connectivity index (χ4v) is 2.66. The quantitative estimate of drug-likeness (QED) is 0.438. The molecule has 1 aromatic heterocycles. The van der Waals surface area contributed by atoms with Crippen LogP contribution in [0, 0.1) is 0 Å². The maximum absolute atomic E-state index is 11.9. The predicted molar refractivity (Wildman–Crippen MR) is 84.1 cm³/mol. The van der Waals surface area contributed by atoms with E-state index in [-0.39, 0.29) is 5.69 Å². The molecule has 104 valence electrons. The maximum atomic E-state index is 11.9. The maximum Gasteiger partial charge on any atom is 0.242 e. The van der Waals surface area contributed by atoms with E-state index in [2.05, 4.69) is 4.98 Å². The van der Waals surface area contributed by atoms with E-state index in [4.69, 9.17) is 23.2 Å². The fraction of sp³-hybridized carbons (Fsp3) is 0. The van der Waals surface area contributed by atoms with Gasteiger partial charge >= 0.3 is 0 Å². The third-order valence-electron chi connectivity index (χ3n) is 3.26. The van der Waals surface area contributed by atoms with Crippen molar-refractivity contribution >= 4 is 46.2 Å². The summed E-state index contributed by atoms with van der Waals surface area (Å²) in [5.74, 6) is -0.614. The van der Waals surface area contributed by atoms with Crippen molar-refractivity contribution in [2.24, 2.45) is 0 Å². The van der Waals surface area contributed by atoms with E-state index in [0.29, 0.717) is 27.4 Å². The average molecular weight is 318 g/mol. The normalized spacial score (nSPS) is 10.8. The molecular formula is C16H9Cl2NO2. The first-order valence-corrected chi connectivity index (χ1v) is 6.93. The molecule has 0 bridgehead atoms. The van der Waals surface area contributed by atoms with E-state index in [1.165, 1.54) is 0 Å². The number of aldehydes is 1. The second-order valence-corrected chi connectivity index (χ2v) is 5.35. The van der Waals surface area contributed by atoms with Gasteiger partial charge in [-0.15, -0.1) is 0 Å². The van der Waals surface area contributed by atoms with Crippen molar-refractivity contribution < 1.29 is 9.59 Å². The smallest absolute Gasteiger partial charge is 0.242 e. The molecule has 3 rings (SSSR count). The van der Waals surface area contributed by atoms with E-state index in [1.54, 1.807) is 12.1 Å². The summed E-state index contributed by atoms with van der Waals surface area (Å²) < 4.78 is 0. The molecule has 0 aliphatic heterocycles. The monoisotopic (exact) mass is 317 g/mol. The molecule has 5 heteroatoms. The lowest BCUT2D eigenvalue weighted by atomic mass is 10.0. The lowest BCUT2D eigenvalue weighted by molar-refractivity contribution is -0.104. The van der Waals surface area contributed by atoms with Crippen LogP contribution < -0.4 is 0 Å². The summed E-state index contributed by atoms with van der Waals surface area (Å²) >= 11 is 12.1. The number of rotatable bonds is 3. The number of benzene rings is 2. The summed E-state index contributed by atoms with van der Waals surface area (Å²) in [7, 11) is 0. The number of ketones is 1. The van der Waals surface area contributed by atoms with E-state index >= 15 is 0 Å². The minimum Gasteiger partial charge on any atom is -0.351 e. The van der Waals surface area contributed by atoms with Gasteiger partial charge in [-0.25, -0.2) is 0 Å². The average Bonchev–Trinajstić information content (AvgIpc) is 2.86. The van der Waals surface area contributed by atoms with Crippen LogP contribution in [0.5, 0.6) is 0 Å². The van der Waals surface area contributed by atoms with E-state index in [0.717, 1.165) is 10.9 Å². The van der Waals surface area contributed by atoms with Crippen molar-refractivity contribution in [3.8, 4) is 11.1 Å². The van der Waals surface area contributed by atoms with Gasteiger partial charge in [0.2, 0.25) is 5.78 Å². The lowest BCUT2D eigenvalue weighted by Crippen LogP contribution is -2.02. The standard InChI is InChI=1S/C16H9Cl2NO2/c17-11-6-10-13(7-12(11)18)19-16(14(21)8-20)15(10)9-4-2-1-3-5-9/h1-8,19H. The number of halogens is 2. The zero-order chi connectivity index (χ0) is 15.0. The van der Waals surface area contributed by atoms with E-state index in [9.17, 15) is 9.59 Å². The Hall–Kier alpha value is -2.10. The molecule has 0 aliphatic carbocycles. The highest BCUT2D eigenvalue weighted by Crippen LogP contribution is 2.36. The minimum absolute atomic E-state index is 0.240. The molecule has 0 atom stereocenters. The molecular weight excluding hydrogens is 309 g/mol. The number of carbonyl (C=O) groups is 2. The Kier molecular flexibility index (Phi) is 3.53. The first-order valence-electron chi connectivity index (χ1n) is 6.17. The Morgan fingerprint density at radius 3 is 2.38 bits per heavy atom. The van der Waals surface area contributed by atoms with Crippen LogP contribution in [0.15, 0.2) is 42.5 Å². The van der Waals surface area contributed by atoms with Crippen LogP contribution in [-0.4, -0.2) is 17.1 Å². The van der Waals surface area contributed by atoms with Gasteiger partial charge in [0, 0.05) is 16.5 Å². The number of Topliss-reactive ketones (excluding diaryl/α,β-unsaturated/α-hetero) is 1. The van der Waals surface area contributed by atoms with Crippen molar-refractivity contribution in [2.45, 2.75) is 0 Å². The van der Waals surface area contributed by atoms with Crippen LogP contribution in [0.3, 0.4) is 0 Å². The molecule has 0 fully saturated rings. The number of aromatic amines is 1. The Labute approximate surface area is 130 Å². The predicted octanol–water partition coefficient (Wildman–Crippen LogP) is 4.52. The summed E-state index contributed by atoms with van der Waals surface area (Å²) in [6.45, 7) is 0. The summed E-state index contributed by atoms with van der Waals surface area (Å²) in [4.78, 5) is 25.7. The molecule has 3 nitrogen and oxygen atoms in total. The number of nitrogens with one attached hydrogen (secondary N) is 1. The molecule has 0 aliphatic rings. The molecule has 0 saturated carbocycles. The summed E-state index contributed by atoms with van der Waals surface area (Å²) in [6, 6.07) is 12.7. The minimum atomic E-state index is -0.614. The van der Waals surface area contributed by atoms with Crippen molar-refractivity contribution in [3.63, 3.8) is 0 Å². The molecule has 0 unspecified atom stereocenters. The molecule has 3 aromatic rings. The summed E-state index contributed by atoms with van der Waals surface area (Å²) in [6.07, 6.45) is 0.292. The second kappa shape index (κ2) is 5.35. The van der Waals surface area contributed by atoms with Gasteiger partial charge in [-0.05, 0) is 17.7 Å². The van der Waals surface area contributed by atoms with Crippen LogP contribution in [0.25, 0.3) is 22.0 Å². The van der Waals surface area contributed by atoms with Crippen LogP contribution in [0.4, 0.5) is 0 Å². The van der Waals surface area contributed by atoms with E-state index < -0.39 is 5.78 Å². The number of aromatic nitrogens is 1. The van der Waals surface area contributed by atoms with Crippen molar-refractivity contribution in [1.29, 1.82) is 0 Å². The molecule has 1 N–H and O–H groups in total. The Morgan fingerprint density at radius 1 is 1.05 bits per heavy atom. The van der Waals surface area contributed by atoms with Crippen LogP contribution >= 0.6 is 23.2 Å². The largest absolute Gasteiger partial charge is 0.351 e. The highest BCUT2D eigenvalue weighted by atomic mass is 35.5. The van der Waals surface area contributed by atoms with Gasteiger partial charge in [0.05, 0.1) is 15.7 Å². The number of hydrogen-bond donors (Lipinski definition) is 1. The molecule has 0 radical (unpaired) electrons. The number of carbonyl (C=O) groups excluding carboxylic acids is 2. The SMILES string of the molecule is O=CC(=O)c1[nH]c2cc(Cl)c(Cl)cc2c1-c1ccccc1. The third-order valence-corrected chi connectivity index (χ3v) is 3.98. The Morgan fingerprint density at radius 2 is 1.71 bits per heavy atom. The third kappa shape index (κ3) is 2.35. The summed E-state index contributed by atoms with van der Waals surface area (Å²) in [5.41, 5.74) is 2.38. The molecule has 0 saturated heterocycles. The zero-order valence-corrected chi connectivity index (χ0v) is 12.2. The van der Waals surface area contributed by atoms with Gasteiger partial charge < -0.3 is 4.98 Å². The van der Waals surface area contributed by atoms with Crippen LogP contribution in [-0.2, 0) is 4.79 Å². The van der Waals surface area contributed by atoms with Gasteiger partial charge in [-0.1, -0.05) is 53.5 Å². The molecule has 2 aromatic carbocycles. The van der Waals surface area contributed by atoms with Crippen molar-refractivity contribution in [1.82, 2.24) is 4.98 Å². The molecule has 0 spiro atoms.